The van der Waals surface area contributed by atoms with Gasteiger partial charge in [0.05, 0.1) is 11.8 Å². The Morgan fingerprint density at radius 1 is 1.55 bits per heavy atom. The summed E-state index contributed by atoms with van der Waals surface area (Å²) in [6, 6.07) is 0. The third-order valence-corrected chi connectivity index (χ3v) is 4.50. The molecule has 106 valence electrons. The normalized spacial score (nSPS) is 18.6. The van der Waals surface area contributed by atoms with Crippen LogP contribution in [0.3, 0.4) is 0 Å². The summed E-state index contributed by atoms with van der Waals surface area (Å²) in [5.74, 6) is -0.0946. The van der Waals surface area contributed by atoms with Crippen molar-refractivity contribution >= 4 is 33.3 Å². The second-order valence-electron chi connectivity index (χ2n) is 4.88. The summed E-state index contributed by atoms with van der Waals surface area (Å²) in [6.07, 6.45) is 5.38. The highest BCUT2D eigenvalue weighted by atomic mass is 32.1. The van der Waals surface area contributed by atoms with E-state index in [1.807, 2.05) is 0 Å². The van der Waals surface area contributed by atoms with Gasteiger partial charge in [0, 0.05) is 32.6 Å². The Bertz CT molecular complexity index is 636. The molecule has 20 heavy (non-hydrogen) atoms. The van der Waals surface area contributed by atoms with E-state index in [9.17, 15) is 4.79 Å². The molecule has 7 heteroatoms. The van der Waals surface area contributed by atoms with Gasteiger partial charge in [-0.15, -0.1) is 11.3 Å². The Hall–Kier alpha value is -1.73. The maximum Gasteiger partial charge on any atom is 0.266 e. The van der Waals surface area contributed by atoms with Crippen molar-refractivity contribution in [1.29, 1.82) is 0 Å². The Labute approximate surface area is 120 Å². The van der Waals surface area contributed by atoms with Crippen LogP contribution in [-0.2, 0) is 4.74 Å². The lowest BCUT2D eigenvalue weighted by molar-refractivity contribution is 0.0591. The summed E-state index contributed by atoms with van der Waals surface area (Å²) in [4.78, 5) is 23.7. The first-order chi connectivity index (χ1) is 9.66. The minimum absolute atomic E-state index is 0.0946. The smallest absolute Gasteiger partial charge is 0.266 e. The van der Waals surface area contributed by atoms with Crippen LogP contribution in [0.5, 0.6) is 0 Å². The molecule has 1 amide bonds. The van der Waals surface area contributed by atoms with Crippen LogP contribution in [0.4, 0.5) is 5.69 Å². The minimum atomic E-state index is -0.0946. The lowest BCUT2D eigenvalue weighted by Gasteiger charge is -2.20. The van der Waals surface area contributed by atoms with Crippen molar-refractivity contribution < 1.29 is 9.53 Å². The van der Waals surface area contributed by atoms with E-state index in [-0.39, 0.29) is 12.0 Å². The van der Waals surface area contributed by atoms with Gasteiger partial charge in [-0.2, -0.15) is 0 Å². The van der Waals surface area contributed by atoms with E-state index in [0.29, 0.717) is 27.5 Å². The fourth-order valence-electron chi connectivity index (χ4n) is 2.35. The van der Waals surface area contributed by atoms with Gasteiger partial charge in [-0.3, -0.25) is 4.79 Å². The quantitative estimate of drug-likeness (QED) is 0.927. The van der Waals surface area contributed by atoms with Gasteiger partial charge in [-0.1, -0.05) is 0 Å². The lowest BCUT2D eigenvalue weighted by atomic mass is 10.2. The molecule has 0 saturated carbocycles. The molecule has 3 rings (SSSR count). The number of ether oxygens (including phenoxy) is 1. The molecular weight excluding hydrogens is 276 g/mol. The molecule has 0 bridgehead atoms. The summed E-state index contributed by atoms with van der Waals surface area (Å²) in [5, 5.41) is 0. The van der Waals surface area contributed by atoms with E-state index in [2.05, 4.69) is 9.97 Å². The van der Waals surface area contributed by atoms with Gasteiger partial charge in [0.1, 0.15) is 15.2 Å². The zero-order valence-electron chi connectivity index (χ0n) is 11.2. The van der Waals surface area contributed by atoms with Gasteiger partial charge in [-0.05, 0) is 12.8 Å². The van der Waals surface area contributed by atoms with Crippen LogP contribution >= 0.6 is 11.3 Å². The number of aromatic nitrogens is 2. The highest BCUT2D eigenvalue weighted by molar-refractivity contribution is 7.21. The average molecular weight is 292 g/mol. The van der Waals surface area contributed by atoms with Gasteiger partial charge in [-0.25, -0.2) is 9.97 Å². The van der Waals surface area contributed by atoms with Crippen LogP contribution in [0.2, 0.25) is 0 Å². The van der Waals surface area contributed by atoms with E-state index in [0.717, 1.165) is 19.4 Å². The van der Waals surface area contributed by atoms with Crippen LogP contribution in [0.25, 0.3) is 10.3 Å². The van der Waals surface area contributed by atoms with E-state index in [1.165, 1.54) is 11.3 Å². The number of anilines is 1. The first-order valence-corrected chi connectivity index (χ1v) is 7.34. The topological polar surface area (TPSA) is 81.3 Å². The van der Waals surface area contributed by atoms with E-state index in [4.69, 9.17) is 10.5 Å². The molecular formula is C13H16N4O2S. The molecule has 1 atom stereocenters. The van der Waals surface area contributed by atoms with Gasteiger partial charge in [0.15, 0.2) is 0 Å². The molecule has 2 N–H and O–H groups in total. The van der Waals surface area contributed by atoms with Gasteiger partial charge >= 0.3 is 0 Å². The largest absolute Gasteiger partial charge is 0.396 e. The fourth-order valence-corrected chi connectivity index (χ4v) is 3.37. The molecule has 6 nitrogen and oxygen atoms in total. The Morgan fingerprint density at radius 2 is 2.35 bits per heavy atom. The molecule has 1 aliphatic rings. The number of hydrogen-bond acceptors (Lipinski definition) is 6. The van der Waals surface area contributed by atoms with Crippen LogP contribution in [0.15, 0.2) is 12.4 Å². The third-order valence-electron chi connectivity index (χ3n) is 3.41. The number of hydrogen-bond donors (Lipinski definition) is 1. The summed E-state index contributed by atoms with van der Waals surface area (Å²) >= 11 is 1.29. The molecule has 1 saturated heterocycles. The Balaban J connectivity index is 1.82. The number of amides is 1. The van der Waals surface area contributed by atoms with Crippen LogP contribution in [0.1, 0.15) is 22.5 Å². The number of rotatable bonds is 3. The summed E-state index contributed by atoms with van der Waals surface area (Å²) in [7, 11) is 1.77. The number of nitrogen functional groups attached to an aromatic ring is 1. The zero-order chi connectivity index (χ0) is 14.1. The molecule has 2 aromatic rings. The number of fused-ring (bicyclic) bond motifs is 1. The molecule has 1 fully saturated rings. The molecule has 0 aliphatic carbocycles. The second kappa shape index (κ2) is 5.34. The van der Waals surface area contributed by atoms with Crippen molar-refractivity contribution in [2.75, 3.05) is 25.9 Å². The minimum Gasteiger partial charge on any atom is -0.396 e. The first-order valence-electron chi connectivity index (χ1n) is 6.53. The highest BCUT2D eigenvalue weighted by Gasteiger charge is 2.24. The van der Waals surface area contributed by atoms with E-state index >= 15 is 0 Å². The molecule has 2 aromatic heterocycles. The lowest BCUT2D eigenvalue weighted by Crippen LogP contribution is -2.33. The van der Waals surface area contributed by atoms with Crippen LogP contribution < -0.4 is 5.73 Å². The number of nitrogens with zero attached hydrogens (tertiary/aromatic N) is 3. The SMILES string of the molecule is CN(CC1CCCO1)C(=O)c1sc2nccnc2c1N. The Morgan fingerprint density at radius 3 is 3.05 bits per heavy atom. The van der Waals surface area contributed by atoms with Crippen LogP contribution in [-0.4, -0.2) is 47.1 Å². The third kappa shape index (κ3) is 2.34. The predicted molar refractivity (Wildman–Crippen MR) is 77.8 cm³/mol. The van der Waals surface area contributed by atoms with E-state index in [1.54, 1.807) is 24.3 Å². The average Bonchev–Trinajstić information content (AvgIpc) is 3.07. The van der Waals surface area contributed by atoms with Crippen LogP contribution in [0, 0.1) is 0 Å². The highest BCUT2D eigenvalue weighted by Crippen LogP contribution is 2.31. The number of likely N-dealkylation sites (N-methyl/N-ethyl adjacent to an activating group) is 1. The summed E-state index contributed by atoms with van der Waals surface area (Å²) in [5.41, 5.74) is 7.04. The number of carbonyl (C=O) groups excluding carboxylic acids is 1. The standard InChI is InChI=1S/C13H16N4O2S/c1-17(7-8-3-2-6-19-8)13(18)11-9(14)10-12(20-11)16-5-4-15-10/h4-5,8H,2-3,6-7,14H2,1H3. The number of carbonyl (C=O) groups is 1. The van der Waals surface area contributed by atoms with Crippen molar-refractivity contribution in [3.63, 3.8) is 0 Å². The molecule has 1 unspecified atom stereocenters. The van der Waals surface area contributed by atoms with Gasteiger partial charge in [0.25, 0.3) is 5.91 Å². The van der Waals surface area contributed by atoms with Gasteiger partial charge in [0.2, 0.25) is 0 Å². The maximum atomic E-state index is 12.5. The van der Waals surface area contributed by atoms with Crippen molar-refractivity contribution in [3.8, 4) is 0 Å². The number of thiophene rings is 1. The Kier molecular flexibility index (Phi) is 3.54. The zero-order valence-corrected chi connectivity index (χ0v) is 12.0. The molecule has 0 aromatic carbocycles. The first kappa shape index (κ1) is 13.3. The molecule has 3 heterocycles. The molecule has 1 aliphatic heterocycles. The van der Waals surface area contributed by atoms with E-state index < -0.39 is 0 Å². The fraction of sp³-hybridized carbons (Fsp3) is 0.462. The van der Waals surface area contributed by atoms with Crippen molar-refractivity contribution in [3.05, 3.63) is 17.3 Å². The molecule has 0 spiro atoms. The van der Waals surface area contributed by atoms with Crippen molar-refractivity contribution in [2.45, 2.75) is 18.9 Å². The summed E-state index contributed by atoms with van der Waals surface area (Å²) in [6.45, 7) is 1.37. The number of nitrogens with two attached hydrogens (primary N) is 1. The van der Waals surface area contributed by atoms with Crippen molar-refractivity contribution in [1.82, 2.24) is 14.9 Å². The summed E-state index contributed by atoms with van der Waals surface area (Å²) < 4.78 is 5.55. The monoisotopic (exact) mass is 292 g/mol. The second-order valence-corrected chi connectivity index (χ2v) is 5.87. The van der Waals surface area contributed by atoms with Gasteiger partial charge < -0.3 is 15.4 Å². The maximum absolute atomic E-state index is 12.5. The predicted octanol–water partition coefficient (Wildman–Crippen LogP) is 1.52. The molecule has 0 radical (unpaired) electrons. The van der Waals surface area contributed by atoms with Crippen molar-refractivity contribution in [2.24, 2.45) is 0 Å².